The molecule has 0 aliphatic heterocycles. The molecule has 10 nitrogen and oxygen atoms in total. The zero-order valence-electron chi connectivity index (χ0n) is 19.4. The fourth-order valence-corrected chi connectivity index (χ4v) is 6.70. The molecular formula is C22H26N4O6S3+2. The Bertz CT molecular complexity index is 1330. The lowest BCUT2D eigenvalue weighted by Gasteiger charge is -2.02. The van der Waals surface area contributed by atoms with Crippen molar-refractivity contribution >= 4 is 58.0 Å². The van der Waals surface area contributed by atoms with Gasteiger partial charge in [0.05, 0.1) is 0 Å². The molecule has 0 saturated heterocycles. The van der Waals surface area contributed by atoms with Crippen molar-refractivity contribution in [3.63, 3.8) is 0 Å². The van der Waals surface area contributed by atoms with E-state index in [4.69, 9.17) is 0 Å². The number of thioether (sulfide) groups is 2. The standard InChI is InChI=1S/C22H24N4O6S3/c1-5-33-21-13(23-17(29)11-7-9-25(3)19(31)15(11)27)14(22(35-21)34-6-2)24-18(30)12-8-10-26(4)20(32)16(12)28/h7-10,27-28H,5-6H2,1-4H3,(H,23,29)(H,24,30)/p+2. The molecule has 0 bridgehead atoms. The van der Waals surface area contributed by atoms with E-state index in [1.54, 1.807) is 0 Å². The third-order valence-electron chi connectivity index (χ3n) is 4.88. The molecule has 35 heavy (non-hydrogen) atoms. The predicted molar refractivity (Wildman–Crippen MR) is 139 cm³/mol. The second-order valence-electron chi connectivity index (χ2n) is 7.23. The maximum Gasteiger partial charge on any atom is 0.375 e. The second kappa shape index (κ2) is 11.1. The molecule has 6 N–H and O–H groups in total. The third kappa shape index (κ3) is 5.41. The normalized spacial score (nSPS) is 12.3. The largest absolute Gasteiger partial charge is 0.502 e. The minimum Gasteiger partial charge on any atom is -0.502 e. The summed E-state index contributed by atoms with van der Waals surface area (Å²) in [5.41, 5.74) is -0.691. The molecule has 0 amide bonds. The van der Waals surface area contributed by atoms with Crippen molar-refractivity contribution < 1.29 is 30.4 Å². The van der Waals surface area contributed by atoms with Crippen LogP contribution in [0.1, 0.15) is 25.0 Å². The Balaban J connectivity index is 2.25. The molecule has 0 radical (unpaired) electrons. The molecule has 3 aromatic heterocycles. The van der Waals surface area contributed by atoms with Crippen molar-refractivity contribution in [2.75, 3.05) is 11.5 Å². The quantitative estimate of drug-likeness (QED) is 0.135. The third-order valence-corrected chi connectivity index (χ3v) is 8.37. The topological polar surface area (TPSA) is 153 Å². The Hall–Kier alpha value is -3.16. The van der Waals surface area contributed by atoms with E-state index in [1.807, 2.05) is 13.8 Å². The number of rotatable bonds is 8. The average molecular weight is 539 g/mol. The van der Waals surface area contributed by atoms with E-state index in [0.29, 0.717) is 22.9 Å². The first-order chi connectivity index (χ1) is 16.6. The van der Waals surface area contributed by atoms with E-state index in [-0.39, 0.29) is 11.1 Å². The van der Waals surface area contributed by atoms with Crippen LogP contribution < -0.4 is 21.1 Å². The van der Waals surface area contributed by atoms with Crippen LogP contribution in [0.25, 0.3) is 0 Å². The fraction of sp³-hybridized carbons (Fsp3) is 0.273. The molecule has 0 atom stereocenters. The number of thiophene rings is 1. The fourth-order valence-electron chi connectivity index (χ4n) is 3.07. The van der Waals surface area contributed by atoms with Gasteiger partial charge in [-0.15, -0.1) is 34.9 Å². The predicted octanol–water partition coefficient (Wildman–Crippen LogP) is 0.215. The van der Waals surface area contributed by atoms with Crippen LogP contribution in [-0.4, -0.2) is 52.9 Å². The summed E-state index contributed by atoms with van der Waals surface area (Å²) >= 11 is 4.42. The highest BCUT2D eigenvalue weighted by molar-refractivity contribution is 8.03. The number of nitrogens with one attached hydrogen (secondary N) is 2. The molecule has 186 valence electrons. The lowest BCUT2D eigenvalue weighted by atomic mass is 10.2. The van der Waals surface area contributed by atoms with Crippen LogP contribution in [0.2, 0.25) is 0 Å². The highest BCUT2D eigenvalue weighted by Gasteiger charge is 2.31. The Kier molecular flexibility index (Phi) is 8.35. The van der Waals surface area contributed by atoms with E-state index >= 15 is 0 Å². The van der Waals surface area contributed by atoms with Gasteiger partial charge in [0.1, 0.15) is 19.5 Å². The summed E-state index contributed by atoms with van der Waals surface area (Å²) < 4.78 is 3.92. The van der Waals surface area contributed by atoms with Crippen molar-refractivity contribution in [1.29, 1.82) is 0 Å². The summed E-state index contributed by atoms with van der Waals surface area (Å²) in [6.07, 6.45) is 2.83. The highest BCUT2D eigenvalue weighted by atomic mass is 32.2. The molecule has 3 heterocycles. The molecule has 13 heteroatoms. The molecule has 0 aliphatic rings. The second-order valence-corrected chi connectivity index (χ2v) is 11.3. The molecule has 3 aromatic rings. The zero-order chi connectivity index (χ0) is 25.9. The number of hydrogen-bond acceptors (Lipinski definition) is 7. The first-order valence-corrected chi connectivity index (χ1v) is 13.3. The van der Waals surface area contributed by atoms with Crippen molar-refractivity contribution in [3.05, 3.63) is 56.4 Å². The van der Waals surface area contributed by atoms with Gasteiger partial charge in [-0.05, 0) is 23.6 Å². The van der Waals surface area contributed by atoms with Crippen LogP contribution in [0.3, 0.4) is 0 Å². The number of nitrogens with zero attached hydrogens (tertiary/aromatic N) is 2. The summed E-state index contributed by atoms with van der Waals surface area (Å²) in [6.45, 7) is 3.93. The van der Waals surface area contributed by atoms with Crippen molar-refractivity contribution in [2.24, 2.45) is 14.1 Å². The molecule has 0 spiro atoms. The lowest BCUT2D eigenvalue weighted by molar-refractivity contribution is -0.407. The number of aliphatic hydroxyl groups is 2. The van der Waals surface area contributed by atoms with Crippen LogP contribution in [-0.2, 0) is 14.1 Å². The number of pyridine rings is 2. The average Bonchev–Trinajstić information content (AvgIpc) is 3.12. The van der Waals surface area contributed by atoms with Gasteiger partial charge in [0.2, 0.25) is 0 Å². The Labute approximate surface area is 213 Å². The van der Waals surface area contributed by atoms with Gasteiger partial charge in [-0.1, -0.05) is 13.8 Å². The molecule has 0 aromatic carbocycles. The highest BCUT2D eigenvalue weighted by Crippen LogP contribution is 2.43. The Morgan fingerprint density at radius 3 is 1.54 bits per heavy atom. The van der Waals surface area contributed by atoms with Crippen LogP contribution in [0.5, 0.6) is 11.5 Å². The maximum absolute atomic E-state index is 12.1. The minimum absolute atomic E-state index is 0.0835. The summed E-state index contributed by atoms with van der Waals surface area (Å²) in [6, 6.07) is 2.79. The zero-order valence-corrected chi connectivity index (χ0v) is 21.9. The van der Waals surface area contributed by atoms with Crippen LogP contribution in [0, 0.1) is 0 Å². The van der Waals surface area contributed by atoms with Gasteiger partial charge < -0.3 is 29.6 Å². The number of aryl methyl sites for hydroxylation is 2. The van der Waals surface area contributed by atoms with Crippen LogP contribution in [0.15, 0.2) is 42.5 Å². The van der Waals surface area contributed by atoms with Crippen LogP contribution in [0.4, 0.5) is 11.4 Å². The van der Waals surface area contributed by atoms with Crippen molar-refractivity contribution in [2.45, 2.75) is 22.3 Å². The van der Waals surface area contributed by atoms with Gasteiger partial charge in [-0.2, -0.15) is 9.98 Å². The summed E-state index contributed by atoms with van der Waals surface area (Å²) in [4.78, 5) is 30.0. The molecule has 0 fully saturated rings. The van der Waals surface area contributed by atoms with E-state index in [0.717, 1.165) is 8.42 Å². The number of hydrogen-bond donors (Lipinski definition) is 6. The van der Waals surface area contributed by atoms with E-state index < -0.39 is 34.4 Å². The smallest absolute Gasteiger partial charge is 0.375 e. The van der Waals surface area contributed by atoms with E-state index in [2.05, 4.69) is 9.98 Å². The van der Waals surface area contributed by atoms with Crippen LogP contribution >= 0.6 is 34.9 Å². The molecular weight excluding hydrogens is 512 g/mol. The molecule has 3 rings (SSSR count). The number of aliphatic hydroxyl groups excluding tert-OH is 2. The van der Waals surface area contributed by atoms with E-state index in [1.165, 1.54) is 82.6 Å². The Morgan fingerprint density at radius 2 is 1.20 bits per heavy atom. The molecule has 0 aliphatic carbocycles. The number of aromatic nitrogens is 2. The van der Waals surface area contributed by atoms with Gasteiger partial charge in [0.15, 0.2) is 11.5 Å². The van der Waals surface area contributed by atoms with Gasteiger partial charge in [-0.3, -0.25) is 9.59 Å². The first kappa shape index (κ1) is 26.4. The lowest BCUT2D eigenvalue weighted by Crippen LogP contribution is -2.73. The summed E-state index contributed by atoms with van der Waals surface area (Å²) in [5, 5.41) is 42.1. The van der Waals surface area contributed by atoms with E-state index in [9.17, 15) is 30.0 Å². The van der Waals surface area contributed by atoms with Gasteiger partial charge in [0.25, 0.3) is 11.1 Å². The van der Waals surface area contributed by atoms with Gasteiger partial charge in [0, 0.05) is 26.5 Å². The summed E-state index contributed by atoms with van der Waals surface area (Å²) in [5.74, 6) is -0.706. The molecule has 0 unspecified atom stereocenters. The monoisotopic (exact) mass is 538 g/mol. The van der Waals surface area contributed by atoms with Crippen molar-refractivity contribution in [1.82, 2.24) is 9.13 Å². The van der Waals surface area contributed by atoms with Gasteiger partial charge in [-0.25, -0.2) is 0 Å². The Morgan fingerprint density at radius 1 is 0.829 bits per heavy atom. The summed E-state index contributed by atoms with van der Waals surface area (Å²) in [7, 11) is 2.96. The SMILES string of the molecule is CCSc1sc(SCC)c([NH+]=C(O)c2ccn(C)c(=O)c2O)c1[NH+]=C(O)c1ccn(C)c(=O)c1O. The first-order valence-electron chi connectivity index (χ1n) is 10.5. The number of aromatic hydroxyl groups is 2. The van der Waals surface area contributed by atoms with Gasteiger partial charge >= 0.3 is 23.2 Å². The minimum atomic E-state index is -0.669. The van der Waals surface area contributed by atoms with Crippen molar-refractivity contribution in [3.8, 4) is 11.5 Å². The molecule has 0 saturated carbocycles. The maximum atomic E-state index is 12.1.